The lowest BCUT2D eigenvalue weighted by atomic mass is 10.2. The lowest BCUT2D eigenvalue weighted by molar-refractivity contribution is 0.718. The van der Waals surface area contributed by atoms with E-state index in [1.54, 1.807) is 5.54 Å². The van der Waals surface area contributed by atoms with Crippen LogP contribution in [0.1, 0.15) is 18.2 Å². The summed E-state index contributed by atoms with van der Waals surface area (Å²) in [4.78, 5) is 4.29. The molecule has 1 N–H and O–H groups in total. The van der Waals surface area contributed by atoms with Crippen molar-refractivity contribution in [2.24, 2.45) is 0 Å². The summed E-state index contributed by atoms with van der Waals surface area (Å²) >= 11 is 5.55. The van der Waals surface area contributed by atoms with Crippen molar-refractivity contribution in [1.82, 2.24) is 10.3 Å². The Kier molecular flexibility index (Phi) is 4.63. The van der Waals surface area contributed by atoms with Crippen LogP contribution in [0.2, 0.25) is 0 Å². The van der Waals surface area contributed by atoms with Crippen LogP contribution in [0.15, 0.2) is 29.4 Å². The average Bonchev–Trinajstić information content (AvgIpc) is 2.20. The predicted octanol–water partition coefficient (Wildman–Crippen LogP) is 2.62. The topological polar surface area (TPSA) is 24.9 Å². The Bertz CT molecular complexity index is 321. The molecule has 0 aliphatic rings. The van der Waals surface area contributed by atoms with E-state index in [4.69, 9.17) is 11.6 Å². The first kappa shape index (κ1) is 11.2. The first-order valence-electron chi connectivity index (χ1n) is 4.61. The molecule has 1 heterocycles. The first-order valence-corrected chi connectivity index (χ1v) is 5.04. The number of nitrogens with zero attached hydrogens (tertiary/aromatic N) is 1. The summed E-state index contributed by atoms with van der Waals surface area (Å²) in [5.41, 5.74) is 5.03. The molecule has 1 rings (SSSR count). The van der Waals surface area contributed by atoms with Gasteiger partial charge in [-0.1, -0.05) is 17.7 Å². The van der Waals surface area contributed by atoms with Crippen LogP contribution in [-0.2, 0) is 6.54 Å². The number of aryl methyl sites for hydroxylation is 1. The van der Waals surface area contributed by atoms with Crippen LogP contribution < -0.4 is 5.32 Å². The first-order chi connectivity index (χ1) is 6.74. The van der Waals surface area contributed by atoms with Crippen LogP contribution >= 0.6 is 11.6 Å². The van der Waals surface area contributed by atoms with Gasteiger partial charge in [-0.05, 0) is 31.1 Å². The molecular formula is C11H15ClN2. The molecular weight excluding hydrogens is 196 g/mol. The summed E-state index contributed by atoms with van der Waals surface area (Å²) in [5.74, 6) is 0. The molecule has 0 bridgehead atoms. The van der Waals surface area contributed by atoms with E-state index in [2.05, 4.69) is 23.3 Å². The zero-order valence-electron chi connectivity index (χ0n) is 8.55. The molecule has 1 aromatic heterocycles. The summed E-state index contributed by atoms with van der Waals surface area (Å²) in [7, 11) is 0. The number of nitrogens with one attached hydrogen (secondary N) is 1. The molecule has 0 spiro atoms. The van der Waals surface area contributed by atoms with Crippen LogP contribution in [0.4, 0.5) is 0 Å². The molecule has 0 aromatic carbocycles. The van der Waals surface area contributed by atoms with Crippen molar-refractivity contribution in [3.63, 3.8) is 0 Å². The highest BCUT2D eigenvalue weighted by molar-refractivity contribution is 6.25. The highest BCUT2D eigenvalue weighted by Gasteiger charge is 1.97. The van der Waals surface area contributed by atoms with Gasteiger partial charge in [-0.3, -0.25) is 4.98 Å². The van der Waals surface area contributed by atoms with E-state index in [-0.39, 0.29) is 0 Å². The number of halogens is 1. The van der Waals surface area contributed by atoms with E-state index in [0.717, 1.165) is 24.4 Å². The molecule has 0 radical (unpaired) electrons. The standard InChI is InChI=1S/C11H15ClN2/c1-9(6-12)7-13-8-11-10(2)4-3-5-14-11/h3-6,13H,7-8H2,1-2H3/b9-6-. The Hall–Kier alpha value is -0.860. The number of aromatic nitrogens is 1. The Morgan fingerprint density at radius 3 is 3.07 bits per heavy atom. The fourth-order valence-electron chi connectivity index (χ4n) is 1.12. The minimum Gasteiger partial charge on any atom is -0.307 e. The van der Waals surface area contributed by atoms with Crippen LogP contribution in [-0.4, -0.2) is 11.5 Å². The summed E-state index contributed by atoms with van der Waals surface area (Å²) in [6.45, 7) is 5.65. The molecule has 1 aromatic rings. The predicted molar refractivity (Wildman–Crippen MR) is 60.3 cm³/mol. The van der Waals surface area contributed by atoms with Crippen LogP contribution in [0, 0.1) is 6.92 Å². The molecule has 2 nitrogen and oxygen atoms in total. The number of pyridine rings is 1. The minimum atomic E-state index is 0.786. The second-order valence-corrected chi connectivity index (χ2v) is 3.54. The summed E-state index contributed by atoms with van der Waals surface area (Å²) in [5, 5.41) is 3.28. The van der Waals surface area contributed by atoms with Crippen molar-refractivity contribution in [2.45, 2.75) is 20.4 Å². The third-order valence-electron chi connectivity index (χ3n) is 2.00. The molecule has 0 unspecified atom stereocenters. The van der Waals surface area contributed by atoms with Crippen molar-refractivity contribution in [2.75, 3.05) is 6.54 Å². The quantitative estimate of drug-likeness (QED) is 0.827. The van der Waals surface area contributed by atoms with Gasteiger partial charge in [0, 0.05) is 24.8 Å². The molecule has 3 heteroatoms. The summed E-state index contributed by atoms with van der Waals surface area (Å²) in [6.07, 6.45) is 1.81. The number of hydrogen-bond acceptors (Lipinski definition) is 2. The Morgan fingerprint density at radius 1 is 1.64 bits per heavy atom. The van der Waals surface area contributed by atoms with E-state index in [1.165, 1.54) is 5.56 Å². The second kappa shape index (κ2) is 5.78. The molecule has 0 atom stereocenters. The third-order valence-corrected chi connectivity index (χ3v) is 2.37. The fraction of sp³-hybridized carbons (Fsp3) is 0.364. The smallest absolute Gasteiger partial charge is 0.0570 e. The van der Waals surface area contributed by atoms with Gasteiger partial charge in [0.25, 0.3) is 0 Å². The summed E-state index contributed by atoms with van der Waals surface area (Å²) in [6, 6.07) is 4.01. The average molecular weight is 211 g/mol. The van der Waals surface area contributed by atoms with E-state index in [9.17, 15) is 0 Å². The lowest BCUT2D eigenvalue weighted by Crippen LogP contribution is -2.16. The van der Waals surface area contributed by atoms with Gasteiger partial charge in [-0.25, -0.2) is 0 Å². The van der Waals surface area contributed by atoms with Crippen LogP contribution in [0.3, 0.4) is 0 Å². The molecule has 76 valence electrons. The molecule has 0 fully saturated rings. The van der Waals surface area contributed by atoms with Gasteiger partial charge in [0.15, 0.2) is 0 Å². The van der Waals surface area contributed by atoms with Crippen LogP contribution in [0.5, 0.6) is 0 Å². The van der Waals surface area contributed by atoms with E-state index < -0.39 is 0 Å². The van der Waals surface area contributed by atoms with Crippen molar-refractivity contribution < 1.29 is 0 Å². The van der Waals surface area contributed by atoms with E-state index in [0.29, 0.717) is 0 Å². The third kappa shape index (κ3) is 3.48. The van der Waals surface area contributed by atoms with E-state index >= 15 is 0 Å². The largest absolute Gasteiger partial charge is 0.307 e. The van der Waals surface area contributed by atoms with Crippen molar-refractivity contribution >= 4 is 11.6 Å². The molecule has 0 aliphatic carbocycles. The Morgan fingerprint density at radius 2 is 2.43 bits per heavy atom. The van der Waals surface area contributed by atoms with Crippen molar-refractivity contribution in [1.29, 1.82) is 0 Å². The highest BCUT2D eigenvalue weighted by Crippen LogP contribution is 2.02. The van der Waals surface area contributed by atoms with Gasteiger partial charge in [-0.2, -0.15) is 0 Å². The lowest BCUT2D eigenvalue weighted by Gasteiger charge is -2.06. The monoisotopic (exact) mass is 210 g/mol. The van der Waals surface area contributed by atoms with Gasteiger partial charge in [0.2, 0.25) is 0 Å². The van der Waals surface area contributed by atoms with Gasteiger partial charge in [0.1, 0.15) is 0 Å². The zero-order chi connectivity index (χ0) is 10.4. The maximum absolute atomic E-state index is 5.55. The van der Waals surface area contributed by atoms with Gasteiger partial charge in [0.05, 0.1) is 5.69 Å². The molecule has 0 saturated heterocycles. The molecule has 0 amide bonds. The Balaban J connectivity index is 2.43. The minimum absolute atomic E-state index is 0.786. The number of rotatable bonds is 4. The van der Waals surface area contributed by atoms with Gasteiger partial charge < -0.3 is 5.32 Å². The van der Waals surface area contributed by atoms with E-state index in [1.807, 2.05) is 19.2 Å². The van der Waals surface area contributed by atoms with Gasteiger partial charge >= 0.3 is 0 Å². The second-order valence-electron chi connectivity index (χ2n) is 3.33. The normalized spacial score (nSPS) is 11.8. The zero-order valence-corrected chi connectivity index (χ0v) is 9.30. The fourth-order valence-corrected chi connectivity index (χ4v) is 1.20. The molecule has 0 saturated carbocycles. The maximum atomic E-state index is 5.55. The highest BCUT2D eigenvalue weighted by atomic mass is 35.5. The molecule has 14 heavy (non-hydrogen) atoms. The maximum Gasteiger partial charge on any atom is 0.0570 e. The van der Waals surface area contributed by atoms with Crippen molar-refractivity contribution in [3.05, 3.63) is 40.7 Å². The molecule has 0 aliphatic heterocycles. The van der Waals surface area contributed by atoms with Crippen LogP contribution in [0.25, 0.3) is 0 Å². The van der Waals surface area contributed by atoms with Crippen molar-refractivity contribution in [3.8, 4) is 0 Å². The van der Waals surface area contributed by atoms with Gasteiger partial charge in [-0.15, -0.1) is 0 Å². The number of hydrogen-bond donors (Lipinski definition) is 1. The SMILES string of the molecule is C/C(=C/Cl)CNCc1ncccc1C. The summed E-state index contributed by atoms with van der Waals surface area (Å²) < 4.78 is 0. The Labute approximate surface area is 90.0 Å².